The molecule has 0 unspecified atom stereocenters. The standard InChI is InChI=1S/C16H12Cl2N2O/c1-20-14-4-2-3-13(18)12(14)9-15(20)16(21)19-11-7-5-10(17)6-8-11/h2-9H,1H3,(H,19,21). The van der Waals surface area contributed by atoms with E-state index >= 15 is 0 Å². The molecule has 1 N–H and O–H groups in total. The Labute approximate surface area is 132 Å². The van der Waals surface area contributed by atoms with Gasteiger partial charge in [0.05, 0.1) is 0 Å². The smallest absolute Gasteiger partial charge is 0.272 e. The molecule has 106 valence electrons. The minimum atomic E-state index is -0.188. The fraction of sp³-hybridized carbons (Fsp3) is 0.0625. The van der Waals surface area contributed by atoms with E-state index in [4.69, 9.17) is 23.2 Å². The third-order valence-corrected chi connectivity index (χ3v) is 3.95. The molecule has 3 aromatic rings. The van der Waals surface area contributed by atoms with E-state index in [1.54, 1.807) is 30.3 Å². The number of fused-ring (bicyclic) bond motifs is 1. The van der Waals surface area contributed by atoms with E-state index in [2.05, 4.69) is 5.32 Å². The number of nitrogens with zero attached hydrogens (tertiary/aromatic N) is 1. The van der Waals surface area contributed by atoms with Gasteiger partial charge in [0.1, 0.15) is 5.69 Å². The Morgan fingerprint density at radius 1 is 1.10 bits per heavy atom. The highest BCUT2D eigenvalue weighted by atomic mass is 35.5. The number of aryl methyl sites for hydroxylation is 1. The number of hydrogen-bond acceptors (Lipinski definition) is 1. The maximum Gasteiger partial charge on any atom is 0.272 e. The van der Waals surface area contributed by atoms with Crippen LogP contribution in [-0.2, 0) is 7.05 Å². The average Bonchev–Trinajstić information content (AvgIpc) is 2.81. The van der Waals surface area contributed by atoms with Gasteiger partial charge in [0, 0.05) is 33.7 Å². The number of rotatable bonds is 2. The van der Waals surface area contributed by atoms with E-state index in [1.807, 2.05) is 29.8 Å². The fourth-order valence-electron chi connectivity index (χ4n) is 2.27. The monoisotopic (exact) mass is 318 g/mol. The first-order chi connectivity index (χ1) is 10.1. The van der Waals surface area contributed by atoms with Crippen LogP contribution in [0.2, 0.25) is 10.0 Å². The molecule has 0 atom stereocenters. The number of amides is 1. The molecule has 0 aliphatic heterocycles. The molecule has 0 fully saturated rings. The van der Waals surface area contributed by atoms with Crippen LogP contribution in [0.25, 0.3) is 10.9 Å². The summed E-state index contributed by atoms with van der Waals surface area (Å²) in [4.78, 5) is 12.4. The van der Waals surface area contributed by atoms with Crippen LogP contribution >= 0.6 is 23.2 Å². The number of carbonyl (C=O) groups excluding carboxylic acids is 1. The minimum Gasteiger partial charge on any atom is -0.340 e. The molecule has 1 amide bonds. The molecule has 3 rings (SSSR count). The van der Waals surface area contributed by atoms with Gasteiger partial charge in [-0.3, -0.25) is 4.79 Å². The summed E-state index contributed by atoms with van der Waals surface area (Å²) in [7, 11) is 1.84. The zero-order valence-corrected chi connectivity index (χ0v) is 12.7. The molecule has 5 heteroatoms. The lowest BCUT2D eigenvalue weighted by Crippen LogP contribution is -2.15. The van der Waals surface area contributed by atoms with Crippen LogP contribution in [0.3, 0.4) is 0 Å². The van der Waals surface area contributed by atoms with Crippen molar-refractivity contribution in [3.63, 3.8) is 0 Å². The van der Waals surface area contributed by atoms with Crippen LogP contribution in [0, 0.1) is 0 Å². The van der Waals surface area contributed by atoms with E-state index in [1.165, 1.54) is 0 Å². The predicted octanol–water partition coefficient (Wildman–Crippen LogP) is 4.74. The second-order valence-electron chi connectivity index (χ2n) is 4.72. The normalized spacial score (nSPS) is 10.8. The molecular weight excluding hydrogens is 307 g/mol. The number of nitrogens with one attached hydrogen (secondary N) is 1. The molecule has 0 saturated carbocycles. The van der Waals surface area contributed by atoms with Crippen LogP contribution in [-0.4, -0.2) is 10.5 Å². The van der Waals surface area contributed by atoms with E-state index in [0.29, 0.717) is 21.4 Å². The maximum atomic E-state index is 12.4. The zero-order chi connectivity index (χ0) is 15.0. The number of aromatic nitrogens is 1. The SMILES string of the molecule is Cn1c(C(=O)Nc2ccc(Cl)cc2)cc2c(Cl)cccc21. The summed E-state index contributed by atoms with van der Waals surface area (Å²) in [5.41, 5.74) is 2.16. The molecular formula is C16H12Cl2N2O. The quantitative estimate of drug-likeness (QED) is 0.727. The van der Waals surface area contributed by atoms with Crippen LogP contribution in [0.4, 0.5) is 5.69 Å². The lowest BCUT2D eigenvalue weighted by Gasteiger charge is -2.06. The van der Waals surface area contributed by atoms with Gasteiger partial charge in [-0.2, -0.15) is 0 Å². The maximum absolute atomic E-state index is 12.4. The highest BCUT2D eigenvalue weighted by Gasteiger charge is 2.14. The van der Waals surface area contributed by atoms with Gasteiger partial charge in [-0.1, -0.05) is 29.3 Å². The topological polar surface area (TPSA) is 34.0 Å². The van der Waals surface area contributed by atoms with Crippen LogP contribution < -0.4 is 5.32 Å². The number of halogens is 2. The molecule has 1 heterocycles. The summed E-state index contributed by atoms with van der Waals surface area (Å²) in [6.07, 6.45) is 0. The second kappa shape index (κ2) is 5.43. The van der Waals surface area contributed by atoms with Crippen molar-refractivity contribution in [3.8, 4) is 0 Å². The first-order valence-corrected chi connectivity index (χ1v) is 7.13. The lowest BCUT2D eigenvalue weighted by molar-refractivity contribution is 0.102. The molecule has 0 spiro atoms. The third kappa shape index (κ3) is 2.62. The fourth-order valence-corrected chi connectivity index (χ4v) is 2.62. The molecule has 1 aromatic heterocycles. The van der Waals surface area contributed by atoms with Crippen molar-refractivity contribution in [2.24, 2.45) is 7.05 Å². The van der Waals surface area contributed by atoms with Crippen molar-refractivity contribution in [2.45, 2.75) is 0 Å². The summed E-state index contributed by atoms with van der Waals surface area (Å²) >= 11 is 12.0. The van der Waals surface area contributed by atoms with Gasteiger partial charge in [0.2, 0.25) is 0 Å². The van der Waals surface area contributed by atoms with Crippen LogP contribution in [0.1, 0.15) is 10.5 Å². The second-order valence-corrected chi connectivity index (χ2v) is 5.57. The highest BCUT2D eigenvalue weighted by Crippen LogP contribution is 2.26. The van der Waals surface area contributed by atoms with Gasteiger partial charge in [-0.25, -0.2) is 0 Å². The van der Waals surface area contributed by atoms with Gasteiger partial charge in [-0.15, -0.1) is 0 Å². The Balaban J connectivity index is 1.96. The van der Waals surface area contributed by atoms with E-state index < -0.39 is 0 Å². The van der Waals surface area contributed by atoms with Gasteiger partial charge in [0.15, 0.2) is 0 Å². The first kappa shape index (κ1) is 14.0. The molecule has 0 aliphatic rings. The Hall–Kier alpha value is -1.97. The van der Waals surface area contributed by atoms with Crippen molar-refractivity contribution < 1.29 is 4.79 Å². The highest BCUT2D eigenvalue weighted by molar-refractivity contribution is 6.35. The Morgan fingerprint density at radius 3 is 2.48 bits per heavy atom. The molecule has 0 aliphatic carbocycles. The number of anilines is 1. The number of benzene rings is 2. The molecule has 3 nitrogen and oxygen atoms in total. The van der Waals surface area contributed by atoms with Gasteiger partial charge in [-0.05, 0) is 42.5 Å². The third-order valence-electron chi connectivity index (χ3n) is 3.37. The predicted molar refractivity (Wildman–Crippen MR) is 87.3 cm³/mol. The number of carbonyl (C=O) groups is 1. The molecule has 0 radical (unpaired) electrons. The Bertz CT molecular complexity index is 822. The van der Waals surface area contributed by atoms with Crippen molar-refractivity contribution >= 4 is 45.7 Å². The zero-order valence-electron chi connectivity index (χ0n) is 11.2. The summed E-state index contributed by atoms with van der Waals surface area (Å²) in [6.45, 7) is 0. The average molecular weight is 319 g/mol. The molecule has 0 bridgehead atoms. The van der Waals surface area contributed by atoms with Crippen LogP contribution in [0.5, 0.6) is 0 Å². The molecule has 0 saturated heterocycles. The summed E-state index contributed by atoms with van der Waals surface area (Å²) in [5, 5.41) is 4.97. The molecule has 2 aromatic carbocycles. The summed E-state index contributed by atoms with van der Waals surface area (Å²) in [5.74, 6) is -0.188. The first-order valence-electron chi connectivity index (χ1n) is 6.37. The lowest BCUT2D eigenvalue weighted by atomic mass is 10.2. The van der Waals surface area contributed by atoms with Gasteiger partial charge >= 0.3 is 0 Å². The van der Waals surface area contributed by atoms with E-state index in [0.717, 1.165) is 10.9 Å². The van der Waals surface area contributed by atoms with Crippen molar-refractivity contribution in [1.82, 2.24) is 4.57 Å². The minimum absolute atomic E-state index is 0.188. The number of hydrogen-bond donors (Lipinski definition) is 1. The van der Waals surface area contributed by atoms with E-state index in [9.17, 15) is 4.79 Å². The molecule has 21 heavy (non-hydrogen) atoms. The largest absolute Gasteiger partial charge is 0.340 e. The summed E-state index contributed by atoms with van der Waals surface area (Å²) < 4.78 is 1.83. The summed E-state index contributed by atoms with van der Waals surface area (Å²) in [6, 6.07) is 14.4. The van der Waals surface area contributed by atoms with Gasteiger partial charge in [0.25, 0.3) is 5.91 Å². The Kier molecular flexibility index (Phi) is 3.62. The van der Waals surface area contributed by atoms with Gasteiger partial charge < -0.3 is 9.88 Å². The van der Waals surface area contributed by atoms with Crippen LogP contribution in [0.15, 0.2) is 48.5 Å². The van der Waals surface area contributed by atoms with Crippen molar-refractivity contribution in [2.75, 3.05) is 5.32 Å². The van der Waals surface area contributed by atoms with E-state index in [-0.39, 0.29) is 5.91 Å². The van der Waals surface area contributed by atoms with Crippen molar-refractivity contribution in [3.05, 3.63) is 64.3 Å². The van der Waals surface area contributed by atoms with Crippen molar-refractivity contribution in [1.29, 1.82) is 0 Å². The Morgan fingerprint density at radius 2 is 1.81 bits per heavy atom.